The molecule has 1 unspecified atom stereocenters. The van der Waals surface area contributed by atoms with Gasteiger partial charge < -0.3 is 4.79 Å². The second-order valence-electron chi connectivity index (χ2n) is 4.71. The van der Waals surface area contributed by atoms with E-state index in [2.05, 4.69) is 27.7 Å². The van der Waals surface area contributed by atoms with E-state index in [0.717, 1.165) is 12.8 Å². The predicted octanol–water partition coefficient (Wildman–Crippen LogP) is 3.43. The summed E-state index contributed by atoms with van der Waals surface area (Å²) in [5.41, 5.74) is 0.351. The second kappa shape index (κ2) is 4.64. The van der Waals surface area contributed by atoms with Crippen LogP contribution in [0.25, 0.3) is 0 Å². The third-order valence-electron chi connectivity index (χ3n) is 2.56. The SMILES string of the molecule is CCC(CCC(C)=O)C(C)(C)C. The Morgan fingerprint density at radius 3 is 2.08 bits per heavy atom. The molecular formula is C11H22O. The molecule has 72 valence electrons. The first kappa shape index (κ1) is 11.7. The zero-order valence-electron chi connectivity index (χ0n) is 9.11. The highest BCUT2D eigenvalue weighted by molar-refractivity contribution is 5.75. The molecule has 1 heteroatoms. The summed E-state index contributed by atoms with van der Waals surface area (Å²) in [7, 11) is 0. The smallest absolute Gasteiger partial charge is 0.129 e. The minimum Gasteiger partial charge on any atom is -0.300 e. The highest BCUT2D eigenvalue weighted by Gasteiger charge is 2.22. The van der Waals surface area contributed by atoms with E-state index in [4.69, 9.17) is 0 Å². The van der Waals surface area contributed by atoms with Gasteiger partial charge in [-0.05, 0) is 24.7 Å². The molecule has 0 aromatic rings. The molecule has 0 N–H and O–H groups in total. The van der Waals surface area contributed by atoms with Crippen molar-refractivity contribution in [1.82, 2.24) is 0 Å². The van der Waals surface area contributed by atoms with Crippen LogP contribution in [-0.4, -0.2) is 5.78 Å². The number of hydrogen-bond acceptors (Lipinski definition) is 1. The summed E-state index contributed by atoms with van der Waals surface area (Å²) in [6.07, 6.45) is 2.97. The summed E-state index contributed by atoms with van der Waals surface area (Å²) < 4.78 is 0. The minimum atomic E-state index is 0.317. The first-order chi connectivity index (χ1) is 5.38. The predicted molar refractivity (Wildman–Crippen MR) is 53.2 cm³/mol. The van der Waals surface area contributed by atoms with Gasteiger partial charge in [0.25, 0.3) is 0 Å². The van der Waals surface area contributed by atoms with Crippen molar-refractivity contribution in [3.8, 4) is 0 Å². The minimum absolute atomic E-state index is 0.317. The van der Waals surface area contributed by atoms with Gasteiger partial charge in [-0.1, -0.05) is 34.1 Å². The van der Waals surface area contributed by atoms with E-state index in [9.17, 15) is 4.79 Å². The maximum absolute atomic E-state index is 10.8. The van der Waals surface area contributed by atoms with Gasteiger partial charge in [0.05, 0.1) is 0 Å². The van der Waals surface area contributed by atoms with Gasteiger partial charge in [0.2, 0.25) is 0 Å². The standard InChI is InChI=1S/C11H22O/c1-6-10(11(3,4)5)8-7-9(2)12/h10H,6-8H2,1-5H3. The van der Waals surface area contributed by atoms with Crippen LogP contribution in [0.2, 0.25) is 0 Å². The number of carbonyl (C=O) groups is 1. The van der Waals surface area contributed by atoms with Crippen molar-refractivity contribution >= 4 is 5.78 Å². The van der Waals surface area contributed by atoms with Crippen molar-refractivity contribution in [3.05, 3.63) is 0 Å². The Balaban J connectivity index is 3.92. The maximum atomic E-state index is 10.8. The zero-order chi connectivity index (χ0) is 9.78. The van der Waals surface area contributed by atoms with Gasteiger partial charge in [-0.15, -0.1) is 0 Å². The number of hydrogen-bond donors (Lipinski definition) is 0. The lowest BCUT2D eigenvalue weighted by Gasteiger charge is -2.29. The first-order valence-corrected chi connectivity index (χ1v) is 4.87. The number of ketones is 1. The lowest BCUT2D eigenvalue weighted by atomic mass is 9.76. The van der Waals surface area contributed by atoms with Gasteiger partial charge in [0, 0.05) is 6.42 Å². The molecule has 0 amide bonds. The van der Waals surface area contributed by atoms with Crippen molar-refractivity contribution in [2.75, 3.05) is 0 Å². The van der Waals surface area contributed by atoms with E-state index in [1.807, 2.05) is 0 Å². The Hall–Kier alpha value is -0.330. The highest BCUT2D eigenvalue weighted by atomic mass is 16.1. The molecule has 0 aliphatic rings. The van der Waals surface area contributed by atoms with Crippen LogP contribution in [-0.2, 0) is 4.79 Å². The van der Waals surface area contributed by atoms with Crippen molar-refractivity contribution in [1.29, 1.82) is 0 Å². The van der Waals surface area contributed by atoms with Gasteiger partial charge in [0.1, 0.15) is 5.78 Å². The molecule has 0 aliphatic heterocycles. The molecule has 12 heavy (non-hydrogen) atoms. The Morgan fingerprint density at radius 1 is 1.33 bits per heavy atom. The summed E-state index contributed by atoms with van der Waals surface area (Å²) in [6, 6.07) is 0. The molecule has 0 aromatic carbocycles. The molecule has 0 heterocycles. The van der Waals surface area contributed by atoms with Crippen LogP contribution in [0.3, 0.4) is 0 Å². The Morgan fingerprint density at radius 2 is 1.83 bits per heavy atom. The van der Waals surface area contributed by atoms with Gasteiger partial charge in [-0.2, -0.15) is 0 Å². The normalized spacial score (nSPS) is 14.4. The average Bonchev–Trinajstić information content (AvgIpc) is 1.85. The van der Waals surface area contributed by atoms with Crippen molar-refractivity contribution in [3.63, 3.8) is 0 Å². The van der Waals surface area contributed by atoms with Crippen LogP contribution in [0.15, 0.2) is 0 Å². The molecule has 0 aromatic heterocycles. The van der Waals surface area contributed by atoms with Crippen LogP contribution >= 0.6 is 0 Å². The van der Waals surface area contributed by atoms with E-state index >= 15 is 0 Å². The Kier molecular flexibility index (Phi) is 4.51. The van der Waals surface area contributed by atoms with Crippen LogP contribution in [0.4, 0.5) is 0 Å². The summed E-state index contributed by atoms with van der Waals surface area (Å²) in [6.45, 7) is 10.6. The fourth-order valence-corrected chi connectivity index (χ4v) is 1.63. The van der Waals surface area contributed by atoms with E-state index in [1.165, 1.54) is 6.42 Å². The van der Waals surface area contributed by atoms with E-state index < -0.39 is 0 Å². The molecule has 0 rings (SSSR count). The molecule has 0 saturated heterocycles. The monoisotopic (exact) mass is 170 g/mol. The molecule has 0 aliphatic carbocycles. The van der Waals surface area contributed by atoms with Gasteiger partial charge in [0.15, 0.2) is 0 Å². The second-order valence-corrected chi connectivity index (χ2v) is 4.71. The molecule has 1 atom stereocenters. The molecular weight excluding hydrogens is 148 g/mol. The number of Topliss-reactive ketones (excluding diaryl/α,β-unsaturated/α-hetero) is 1. The molecule has 1 nitrogen and oxygen atoms in total. The van der Waals surface area contributed by atoms with E-state index in [0.29, 0.717) is 17.1 Å². The Bertz CT molecular complexity index is 142. The van der Waals surface area contributed by atoms with Gasteiger partial charge in [-0.3, -0.25) is 0 Å². The topological polar surface area (TPSA) is 17.1 Å². The van der Waals surface area contributed by atoms with Gasteiger partial charge >= 0.3 is 0 Å². The van der Waals surface area contributed by atoms with Gasteiger partial charge in [-0.25, -0.2) is 0 Å². The summed E-state index contributed by atoms with van der Waals surface area (Å²) in [4.78, 5) is 10.8. The quantitative estimate of drug-likeness (QED) is 0.631. The summed E-state index contributed by atoms with van der Waals surface area (Å²) >= 11 is 0. The van der Waals surface area contributed by atoms with E-state index in [1.54, 1.807) is 6.92 Å². The molecule has 0 radical (unpaired) electrons. The third kappa shape index (κ3) is 4.53. The fourth-order valence-electron chi connectivity index (χ4n) is 1.63. The molecule has 0 fully saturated rings. The van der Waals surface area contributed by atoms with Crippen molar-refractivity contribution in [2.45, 2.75) is 53.9 Å². The first-order valence-electron chi connectivity index (χ1n) is 4.87. The molecule has 0 saturated carbocycles. The highest BCUT2D eigenvalue weighted by Crippen LogP contribution is 2.32. The molecule has 0 bridgehead atoms. The lowest BCUT2D eigenvalue weighted by Crippen LogP contribution is -2.20. The maximum Gasteiger partial charge on any atom is 0.129 e. The number of carbonyl (C=O) groups excluding carboxylic acids is 1. The molecule has 0 spiro atoms. The van der Waals surface area contributed by atoms with Crippen LogP contribution in [0.5, 0.6) is 0 Å². The zero-order valence-corrected chi connectivity index (χ0v) is 9.11. The van der Waals surface area contributed by atoms with Crippen LogP contribution < -0.4 is 0 Å². The van der Waals surface area contributed by atoms with Crippen molar-refractivity contribution < 1.29 is 4.79 Å². The van der Waals surface area contributed by atoms with Crippen LogP contribution in [0, 0.1) is 11.3 Å². The largest absolute Gasteiger partial charge is 0.300 e. The average molecular weight is 170 g/mol. The van der Waals surface area contributed by atoms with Crippen molar-refractivity contribution in [2.24, 2.45) is 11.3 Å². The Labute approximate surface area is 76.6 Å². The number of rotatable bonds is 4. The summed E-state index contributed by atoms with van der Waals surface area (Å²) in [5, 5.41) is 0. The summed E-state index contributed by atoms with van der Waals surface area (Å²) in [5.74, 6) is 0.999. The van der Waals surface area contributed by atoms with Crippen LogP contribution in [0.1, 0.15) is 53.9 Å². The van der Waals surface area contributed by atoms with E-state index in [-0.39, 0.29) is 0 Å². The lowest BCUT2D eigenvalue weighted by molar-refractivity contribution is -0.117. The fraction of sp³-hybridized carbons (Fsp3) is 0.909. The third-order valence-corrected chi connectivity index (χ3v) is 2.56.